The highest BCUT2D eigenvalue weighted by molar-refractivity contribution is 7.89. The number of hydrogen-bond acceptors (Lipinski definition) is 4. The number of furan rings is 2. The molecule has 0 unspecified atom stereocenters. The maximum atomic E-state index is 13.2. The van der Waals surface area contributed by atoms with Crippen molar-refractivity contribution in [1.82, 2.24) is 4.31 Å². The molecule has 0 N–H and O–H groups in total. The molecule has 3 rings (SSSR count). The van der Waals surface area contributed by atoms with Gasteiger partial charge < -0.3 is 8.83 Å². The summed E-state index contributed by atoms with van der Waals surface area (Å²) in [5.41, 5.74) is -1.04. The third-order valence-corrected chi connectivity index (χ3v) is 5.76. The fourth-order valence-corrected chi connectivity index (χ4v) is 3.99. The third-order valence-electron chi connectivity index (χ3n) is 3.98. The minimum atomic E-state index is -4.65. The molecular weight excluding hydrogens is 383 g/mol. The van der Waals surface area contributed by atoms with Crippen LogP contribution in [0.15, 0.2) is 68.7 Å². The summed E-state index contributed by atoms with van der Waals surface area (Å²) in [6, 6.07) is 9.33. The Hall–Kier alpha value is -2.52. The topological polar surface area (TPSA) is 63.7 Å². The van der Waals surface area contributed by atoms with Crippen molar-refractivity contribution < 1.29 is 30.4 Å². The molecular formula is C18H16F3NO4S. The van der Waals surface area contributed by atoms with Crippen molar-refractivity contribution in [1.29, 1.82) is 0 Å². The van der Waals surface area contributed by atoms with E-state index in [1.165, 1.54) is 19.5 Å². The van der Waals surface area contributed by atoms with Crippen LogP contribution in [0.3, 0.4) is 0 Å². The maximum Gasteiger partial charge on any atom is 0.416 e. The van der Waals surface area contributed by atoms with Crippen molar-refractivity contribution in [2.45, 2.75) is 31.1 Å². The second-order valence-corrected chi connectivity index (χ2v) is 7.84. The van der Waals surface area contributed by atoms with Crippen molar-refractivity contribution in [3.05, 3.63) is 77.6 Å². The van der Waals surface area contributed by atoms with E-state index in [0.29, 0.717) is 17.6 Å². The monoisotopic (exact) mass is 399 g/mol. The van der Waals surface area contributed by atoms with Gasteiger partial charge in [-0.15, -0.1) is 0 Å². The molecule has 27 heavy (non-hydrogen) atoms. The number of nitrogens with zero attached hydrogens (tertiary/aromatic N) is 1. The third kappa shape index (κ3) is 4.25. The van der Waals surface area contributed by atoms with E-state index in [-0.39, 0.29) is 18.7 Å². The summed E-state index contributed by atoms with van der Waals surface area (Å²) >= 11 is 0. The summed E-state index contributed by atoms with van der Waals surface area (Å²) in [5.74, 6) is 0.710. The lowest BCUT2D eigenvalue weighted by Crippen LogP contribution is -2.30. The van der Waals surface area contributed by atoms with Gasteiger partial charge in [0.2, 0.25) is 10.0 Å². The molecule has 0 amide bonds. The molecule has 5 nitrogen and oxygen atoms in total. The van der Waals surface area contributed by atoms with Gasteiger partial charge >= 0.3 is 6.18 Å². The van der Waals surface area contributed by atoms with Gasteiger partial charge in [0.15, 0.2) is 0 Å². The Morgan fingerprint density at radius 2 is 1.52 bits per heavy atom. The van der Waals surface area contributed by atoms with E-state index >= 15 is 0 Å². The van der Waals surface area contributed by atoms with Gasteiger partial charge in [0.1, 0.15) is 11.5 Å². The SMILES string of the molecule is Cc1ccc(S(=O)(=O)N(Cc2ccco2)Cc2ccco2)cc1C(F)(F)F. The van der Waals surface area contributed by atoms with Crippen LogP contribution in [-0.4, -0.2) is 12.7 Å². The van der Waals surface area contributed by atoms with Gasteiger partial charge in [-0.1, -0.05) is 6.07 Å². The zero-order valence-electron chi connectivity index (χ0n) is 14.2. The van der Waals surface area contributed by atoms with Crippen molar-refractivity contribution >= 4 is 10.0 Å². The Kier molecular flexibility index (Phi) is 5.16. The highest BCUT2D eigenvalue weighted by atomic mass is 32.2. The van der Waals surface area contributed by atoms with Crippen LogP contribution in [0.1, 0.15) is 22.6 Å². The quantitative estimate of drug-likeness (QED) is 0.608. The van der Waals surface area contributed by atoms with Gasteiger partial charge in [-0.2, -0.15) is 17.5 Å². The predicted molar refractivity (Wildman–Crippen MR) is 90.0 cm³/mol. The number of aryl methyl sites for hydroxylation is 1. The van der Waals surface area contributed by atoms with Crippen LogP contribution in [0.5, 0.6) is 0 Å². The largest absolute Gasteiger partial charge is 0.468 e. The molecule has 0 aliphatic rings. The van der Waals surface area contributed by atoms with Crippen molar-refractivity contribution in [3.63, 3.8) is 0 Å². The summed E-state index contributed by atoms with van der Waals surface area (Å²) in [6.07, 6.45) is -1.87. The number of rotatable bonds is 6. The van der Waals surface area contributed by atoms with E-state index in [1.807, 2.05) is 0 Å². The fraction of sp³-hybridized carbons (Fsp3) is 0.222. The molecule has 2 heterocycles. The Labute approximate surface area is 154 Å². The van der Waals surface area contributed by atoms with E-state index in [1.54, 1.807) is 24.3 Å². The van der Waals surface area contributed by atoms with E-state index < -0.39 is 26.7 Å². The lowest BCUT2D eigenvalue weighted by Gasteiger charge is -2.21. The number of alkyl halides is 3. The number of benzene rings is 1. The highest BCUT2D eigenvalue weighted by Crippen LogP contribution is 2.34. The smallest absolute Gasteiger partial charge is 0.416 e. The maximum absolute atomic E-state index is 13.2. The zero-order chi connectivity index (χ0) is 19.7. The molecule has 0 saturated carbocycles. The Bertz CT molecular complexity index is 958. The Balaban J connectivity index is 2.01. The van der Waals surface area contributed by atoms with Crippen LogP contribution >= 0.6 is 0 Å². The molecule has 144 valence electrons. The molecule has 0 aliphatic heterocycles. The number of hydrogen-bond donors (Lipinski definition) is 0. The first-order chi connectivity index (χ1) is 12.7. The summed E-state index contributed by atoms with van der Waals surface area (Å²) in [5, 5.41) is 0. The highest BCUT2D eigenvalue weighted by Gasteiger charge is 2.35. The number of sulfonamides is 1. The first-order valence-corrected chi connectivity index (χ1v) is 9.34. The molecule has 0 spiro atoms. The Morgan fingerprint density at radius 3 is 1.96 bits per heavy atom. The van der Waals surface area contributed by atoms with Crippen LogP contribution in [0, 0.1) is 6.92 Å². The van der Waals surface area contributed by atoms with E-state index in [4.69, 9.17) is 8.83 Å². The van der Waals surface area contributed by atoms with E-state index in [9.17, 15) is 21.6 Å². The molecule has 0 bridgehead atoms. The van der Waals surface area contributed by atoms with Gasteiger partial charge in [-0.25, -0.2) is 8.42 Å². The second-order valence-electron chi connectivity index (χ2n) is 5.91. The van der Waals surface area contributed by atoms with Crippen LogP contribution in [-0.2, 0) is 29.3 Å². The molecule has 2 aromatic heterocycles. The summed E-state index contributed by atoms with van der Waals surface area (Å²) in [7, 11) is -4.24. The summed E-state index contributed by atoms with van der Waals surface area (Å²) in [4.78, 5) is -0.446. The standard InChI is InChI=1S/C18H16F3NO4S/c1-13-6-7-16(10-17(13)18(19,20)21)27(23,24)22(11-14-4-2-8-25-14)12-15-5-3-9-26-15/h2-10H,11-12H2,1H3. The second kappa shape index (κ2) is 7.24. The summed E-state index contributed by atoms with van der Waals surface area (Å²) < 4.78 is 77.1. The van der Waals surface area contributed by atoms with Crippen LogP contribution in [0.4, 0.5) is 13.2 Å². The van der Waals surface area contributed by atoms with Gasteiger partial charge in [0.25, 0.3) is 0 Å². The van der Waals surface area contributed by atoms with Crippen molar-refractivity contribution in [2.75, 3.05) is 0 Å². The summed E-state index contributed by atoms with van der Waals surface area (Å²) in [6.45, 7) is 0.985. The lowest BCUT2D eigenvalue weighted by atomic mass is 10.1. The Morgan fingerprint density at radius 1 is 0.963 bits per heavy atom. The molecule has 0 fully saturated rings. The van der Waals surface area contributed by atoms with Gasteiger partial charge in [-0.05, 0) is 48.9 Å². The number of halogens is 3. The van der Waals surface area contributed by atoms with Gasteiger partial charge in [0.05, 0.1) is 36.1 Å². The van der Waals surface area contributed by atoms with Crippen LogP contribution < -0.4 is 0 Å². The fourth-order valence-electron chi connectivity index (χ4n) is 2.59. The van der Waals surface area contributed by atoms with E-state index in [0.717, 1.165) is 16.4 Å². The molecule has 0 aliphatic carbocycles. The predicted octanol–water partition coefficient (Wildman–Crippen LogP) is 4.59. The molecule has 0 saturated heterocycles. The van der Waals surface area contributed by atoms with Gasteiger partial charge in [0, 0.05) is 0 Å². The minimum Gasteiger partial charge on any atom is -0.468 e. The molecule has 9 heteroatoms. The molecule has 0 atom stereocenters. The lowest BCUT2D eigenvalue weighted by molar-refractivity contribution is -0.138. The van der Waals surface area contributed by atoms with Crippen molar-refractivity contribution in [2.24, 2.45) is 0 Å². The first-order valence-electron chi connectivity index (χ1n) is 7.90. The normalized spacial score (nSPS) is 12.6. The molecule has 1 aromatic carbocycles. The average Bonchev–Trinajstić information content (AvgIpc) is 3.27. The minimum absolute atomic E-state index is 0.0509. The zero-order valence-corrected chi connectivity index (χ0v) is 15.0. The molecule has 0 radical (unpaired) electrons. The van der Waals surface area contributed by atoms with Crippen LogP contribution in [0.2, 0.25) is 0 Å². The average molecular weight is 399 g/mol. The first kappa shape index (κ1) is 19.2. The molecule has 3 aromatic rings. The van der Waals surface area contributed by atoms with Crippen molar-refractivity contribution in [3.8, 4) is 0 Å². The van der Waals surface area contributed by atoms with E-state index in [2.05, 4.69) is 0 Å². The van der Waals surface area contributed by atoms with Crippen LogP contribution in [0.25, 0.3) is 0 Å². The van der Waals surface area contributed by atoms with Gasteiger partial charge in [-0.3, -0.25) is 0 Å².